The van der Waals surface area contributed by atoms with Crippen molar-refractivity contribution < 1.29 is 14.7 Å². The summed E-state index contributed by atoms with van der Waals surface area (Å²) in [5, 5.41) is 15.6. The van der Waals surface area contributed by atoms with E-state index in [1.165, 1.54) is 10.8 Å². The molecule has 5 aromatic rings. The van der Waals surface area contributed by atoms with E-state index in [-0.39, 0.29) is 0 Å². The van der Waals surface area contributed by atoms with Gasteiger partial charge in [-0.3, -0.25) is 14.3 Å². The molecular weight excluding hydrogens is 583 g/mol. The van der Waals surface area contributed by atoms with Crippen LogP contribution in [0.5, 0.6) is 0 Å². The van der Waals surface area contributed by atoms with Crippen molar-refractivity contribution in [1.82, 2.24) is 28.8 Å². The number of thiol groups is 1. The Bertz CT molecular complexity index is 1340. The van der Waals surface area contributed by atoms with Crippen molar-refractivity contribution in [2.75, 3.05) is 19.9 Å². The average Bonchev–Trinajstić information content (AvgIpc) is 3.66. The van der Waals surface area contributed by atoms with E-state index in [0.717, 1.165) is 28.8 Å². The molecule has 14 heteroatoms. The Morgan fingerprint density at radius 1 is 1.03 bits per heavy atom. The van der Waals surface area contributed by atoms with Gasteiger partial charge in [0.1, 0.15) is 10.9 Å². The van der Waals surface area contributed by atoms with Crippen LogP contribution in [0.3, 0.4) is 0 Å². The van der Waals surface area contributed by atoms with Crippen LogP contribution < -0.4 is 5.84 Å². The van der Waals surface area contributed by atoms with Crippen LogP contribution in [0, 0.1) is 0 Å². The first kappa shape index (κ1) is 34.8. The minimum atomic E-state index is -0.833. The molecule has 0 spiro atoms. The van der Waals surface area contributed by atoms with Gasteiger partial charge in [-0.1, -0.05) is 0 Å². The summed E-state index contributed by atoms with van der Waals surface area (Å²) in [7, 11) is 8.06. The van der Waals surface area contributed by atoms with Crippen LogP contribution in [-0.4, -0.2) is 67.9 Å². The van der Waals surface area contributed by atoms with E-state index in [1.54, 1.807) is 35.9 Å². The molecule has 0 amide bonds. The summed E-state index contributed by atoms with van der Waals surface area (Å²) in [6.07, 6.45) is 12.9. The van der Waals surface area contributed by atoms with Crippen LogP contribution in [0.2, 0.25) is 0 Å². The maximum absolute atomic E-state index is 9.60. The third-order valence-electron chi connectivity index (χ3n) is 3.77. The number of halogens is 1. The Morgan fingerprint density at radius 3 is 2.00 bits per heavy atom. The number of aromatic nitrogens is 5. The summed E-state index contributed by atoms with van der Waals surface area (Å²) < 4.78 is 8.85. The van der Waals surface area contributed by atoms with E-state index in [4.69, 9.17) is 15.7 Å². The number of nitrogens with two attached hydrogens (primary N) is 1. The van der Waals surface area contributed by atoms with Gasteiger partial charge in [0.15, 0.2) is 0 Å². The van der Waals surface area contributed by atoms with Crippen LogP contribution in [0.15, 0.2) is 113 Å². The molecule has 0 unspecified atom stereocenters. The van der Waals surface area contributed by atoms with Crippen molar-refractivity contribution in [1.29, 1.82) is 0 Å². The normalized spacial score (nSPS) is 9.03. The quantitative estimate of drug-likeness (QED) is 0.0894. The Labute approximate surface area is 242 Å². The number of carboxylic acids is 1. The number of nitrogen functional groups attached to an aromatic ring is 1. The summed E-state index contributed by atoms with van der Waals surface area (Å²) in [5.41, 5.74) is 2.24. The molecule has 1 radical (unpaired) electrons. The summed E-state index contributed by atoms with van der Waals surface area (Å²) >= 11 is 6.56. The number of fused-ring (bicyclic) bond motifs is 2. The van der Waals surface area contributed by atoms with Crippen molar-refractivity contribution in [3.05, 3.63) is 109 Å². The predicted octanol–water partition coefficient (Wildman–Crippen LogP) is 4.17. The molecule has 0 bridgehead atoms. The molecule has 0 aliphatic carbocycles. The standard InChI is InChI=1S/C7H5BrN2.C7H6N2.C5H9NO.C4H6N2.C2H4O2.BHNS/c8-7-4-3-6-2-1-5-9-10(6)7;1-3-7-4-2-6-9(7)8-5-1;1-6(2)4-3-5-7;5-6-3-1-2-4-6;1-2(3)4;1-2-3/h1-5H;1-6H;3-5H,1-2H3;1-4H,5H2;1H3,(H,3,4);3H/b;;4-3+;;;. The van der Waals surface area contributed by atoms with Gasteiger partial charge in [0.2, 0.25) is 0 Å². The number of allylic oxidation sites excluding steroid dienone is 1. The second kappa shape index (κ2) is 21.9. The molecule has 205 valence electrons. The zero-order chi connectivity index (χ0) is 29.5. The molecule has 5 rings (SSSR count). The Hall–Kier alpha value is -4.17. The third kappa shape index (κ3) is 17.8. The SMILES string of the molecule is Brc1ccc2cccnn12.CC(=O)O.CN(C)/C=C/C=O.Nn1cccc1.[B]=NS.c1cnn2cccc2c1. The van der Waals surface area contributed by atoms with E-state index < -0.39 is 5.97 Å². The molecule has 0 aliphatic rings. The van der Waals surface area contributed by atoms with Crippen molar-refractivity contribution in [3.8, 4) is 0 Å². The summed E-state index contributed by atoms with van der Waals surface area (Å²) in [6, 6.07) is 19.6. The summed E-state index contributed by atoms with van der Waals surface area (Å²) in [4.78, 5) is 20.4. The molecular formula is C25H31BBrN8O3S. The fourth-order valence-electron chi connectivity index (χ4n) is 2.34. The van der Waals surface area contributed by atoms with Gasteiger partial charge in [-0.2, -0.15) is 10.2 Å². The monoisotopic (exact) mass is 613 g/mol. The number of hydrogen-bond donors (Lipinski definition) is 3. The number of carbonyl (C=O) groups excluding carboxylic acids is 1. The molecule has 0 aromatic carbocycles. The Balaban J connectivity index is 0.000000465. The zero-order valence-electron chi connectivity index (χ0n) is 21.8. The molecule has 0 atom stereocenters. The molecule has 0 saturated carbocycles. The van der Waals surface area contributed by atoms with Gasteiger partial charge in [0, 0.05) is 58.2 Å². The summed E-state index contributed by atoms with van der Waals surface area (Å²) in [6.45, 7) is 1.08. The van der Waals surface area contributed by atoms with Gasteiger partial charge in [0.25, 0.3) is 5.97 Å². The Kier molecular flexibility index (Phi) is 19.5. The summed E-state index contributed by atoms with van der Waals surface area (Å²) in [5.74, 6) is 4.36. The van der Waals surface area contributed by atoms with Crippen molar-refractivity contribution in [3.63, 3.8) is 0 Å². The first-order chi connectivity index (χ1) is 18.7. The van der Waals surface area contributed by atoms with E-state index in [1.807, 2.05) is 90.0 Å². The van der Waals surface area contributed by atoms with Crippen molar-refractivity contribution in [2.45, 2.75) is 6.92 Å². The second-order valence-electron chi connectivity index (χ2n) is 7.12. The van der Waals surface area contributed by atoms with Crippen LogP contribution in [0.25, 0.3) is 11.0 Å². The van der Waals surface area contributed by atoms with Gasteiger partial charge in [-0.05, 0) is 82.7 Å². The smallest absolute Gasteiger partial charge is 0.0646 e. The minimum absolute atomic E-state index is 0.750. The van der Waals surface area contributed by atoms with E-state index >= 15 is 0 Å². The molecule has 11 nitrogen and oxygen atoms in total. The molecule has 0 aliphatic heterocycles. The average molecular weight is 614 g/mol. The van der Waals surface area contributed by atoms with Crippen LogP contribution >= 0.6 is 28.7 Å². The first-order valence-electron chi connectivity index (χ1n) is 11.0. The first-order valence-corrected chi connectivity index (χ1v) is 12.2. The third-order valence-corrected chi connectivity index (χ3v) is 4.37. The van der Waals surface area contributed by atoms with E-state index in [9.17, 15) is 4.79 Å². The van der Waals surface area contributed by atoms with E-state index in [2.05, 4.69) is 50.9 Å². The fraction of sp³-hybridized carbons (Fsp3) is 0.120. The number of nitrogens with zero attached hydrogens (tertiary/aromatic N) is 7. The van der Waals surface area contributed by atoms with E-state index in [0.29, 0.717) is 0 Å². The Morgan fingerprint density at radius 2 is 1.56 bits per heavy atom. The molecule has 5 heterocycles. The number of rotatable bonds is 2. The van der Waals surface area contributed by atoms with Gasteiger partial charge in [-0.25, -0.2) is 9.03 Å². The number of carbonyl (C=O) groups is 2. The number of aldehydes is 1. The van der Waals surface area contributed by atoms with Gasteiger partial charge >= 0.3 is 24.8 Å². The zero-order valence-corrected chi connectivity index (χ0v) is 24.2. The maximum Gasteiger partial charge on any atom is 0.0646 e. The minimum Gasteiger partial charge on any atom is -0.241 e. The molecule has 0 saturated heterocycles. The predicted molar refractivity (Wildman–Crippen MR) is 162 cm³/mol. The molecule has 3 N–H and O–H groups in total. The largest absolute Gasteiger partial charge is 0.241 e. The second-order valence-corrected chi connectivity index (χ2v) is 8.17. The number of carboxylic acid groups (broad SMARTS) is 1. The van der Waals surface area contributed by atoms with Gasteiger partial charge in [-0.15, -0.1) is 0 Å². The molecule has 0 fully saturated rings. The van der Waals surface area contributed by atoms with Crippen LogP contribution in [0.1, 0.15) is 6.92 Å². The van der Waals surface area contributed by atoms with Crippen LogP contribution in [0.4, 0.5) is 0 Å². The van der Waals surface area contributed by atoms with Crippen molar-refractivity contribution in [2.24, 2.45) is 4.30 Å². The molecule has 39 heavy (non-hydrogen) atoms. The topological polar surface area (TPSA) is 136 Å². The van der Waals surface area contributed by atoms with Gasteiger partial charge in [0.05, 0.1) is 11.0 Å². The maximum atomic E-state index is 9.60. The molecule has 5 aromatic heterocycles. The number of aliphatic carboxylic acids is 1. The van der Waals surface area contributed by atoms with Crippen molar-refractivity contribution >= 4 is 59.7 Å². The van der Waals surface area contributed by atoms with Crippen LogP contribution in [-0.2, 0) is 9.59 Å². The fourth-order valence-corrected chi connectivity index (χ4v) is 2.77. The van der Waals surface area contributed by atoms with Gasteiger partial charge < -0.3 is 15.8 Å². The number of hydrogen-bond acceptors (Lipinski definition) is 8.